The molecule has 1 aromatic carbocycles. The predicted octanol–water partition coefficient (Wildman–Crippen LogP) is 3.89. The fourth-order valence-electron chi connectivity index (χ4n) is 1.44. The van der Waals surface area contributed by atoms with Crippen LogP contribution in [0.5, 0.6) is 0 Å². The number of anilines is 3. The van der Waals surface area contributed by atoms with Gasteiger partial charge < -0.3 is 10.6 Å². The topological polar surface area (TPSA) is 49.8 Å². The Morgan fingerprint density at radius 1 is 1.21 bits per heavy atom. The highest BCUT2D eigenvalue weighted by Gasteiger charge is 2.06. The van der Waals surface area contributed by atoms with Crippen molar-refractivity contribution in [2.75, 3.05) is 23.9 Å². The number of benzene rings is 1. The minimum atomic E-state index is -0.291. The maximum Gasteiger partial charge on any atom is 0.191 e. The smallest absolute Gasteiger partial charge is 0.191 e. The molecular formula is C12H12BrFN4S. The van der Waals surface area contributed by atoms with E-state index in [2.05, 4.69) is 36.5 Å². The maximum absolute atomic E-state index is 13.0. The molecule has 0 saturated heterocycles. The van der Waals surface area contributed by atoms with Gasteiger partial charge in [0.1, 0.15) is 17.5 Å². The normalized spacial score (nSPS) is 10.3. The van der Waals surface area contributed by atoms with Gasteiger partial charge in [0.25, 0.3) is 0 Å². The molecule has 0 unspecified atom stereocenters. The van der Waals surface area contributed by atoms with E-state index in [9.17, 15) is 4.39 Å². The zero-order valence-corrected chi connectivity index (χ0v) is 12.8. The molecule has 2 aromatic rings. The molecule has 0 atom stereocenters. The standard InChI is InChI=1S/C12H12BrFN4S/c1-15-10-6-11(18-12(17-10)19-2)16-9-4-3-7(14)5-8(9)13/h3-6H,1-2H3,(H2,15,16,17,18). The number of nitrogens with zero attached hydrogens (tertiary/aromatic N) is 2. The Kier molecular flexibility index (Phi) is 4.60. The van der Waals surface area contributed by atoms with Crippen LogP contribution in [0.2, 0.25) is 0 Å². The van der Waals surface area contributed by atoms with Crippen molar-refractivity contribution in [1.82, 2.24) is 9.97 Å². The molecule has 0 radical (unpaired) electrons. The van der Waals surface area contributed by atoms with Crippen molar-refractivity contribution >= 4 is 45.0 Å². The first-order valence-electron chi connectivity index (χ1n) is 5.45. The molecule has 100 valence electrons. The van der Waals surface area contributed by atoms with Gasteiger partial charge in [-0.3, -0.25) is 0 Å². The van der Waals surface area contributed by atoms with Crippen LogP contribution in [0, 0.1) is 5.82 Å². The minimum Gasteiger partial charge on any atom is -0.373 e. The first-order chi connectivity index (χ1) is 9.12. The molecule has 0 saturated carbocycles. The van der Waals surface area contributed by atoms with Gasteiger partial charge in [0.05, 0.1) is 5.69 Å². The summed E-state index contributed by atoms with van der Waals surface area (Å²) < 4.78 is 13.7. The summed E-state index contributed by atoms with van der Waals surface area (Å²) in [6.45, 7) is 0. The van der Waals surface area contributed by atoms with Crippen molar-refractivity contribution in [2.45, 2.75) is 5.16 Å². The van der Waals surface area contributed by atoms with Gasteiger partial charge >= 0.3 is 0 Å². The van der Waals surface area contributed by atoms with Gasteiger partial charge in [0.2, 0.25) is 0 Å². The molecule has 1 heterocycles. The largest absolute Gasteiger partial charge is 0.373 e. The highest BCUT2D eigenvalue weighted by Crippen LogP contribution is 2.27. The van der Waals surface area contributed by atoms with Crippen LogP contribution in [0.25, 0.3) is 0 Å². The number of halogens is 2. The van der Waals surface area contributed by atoms with Crippen molar-refractivity contribution in [2.24, 2.45) is 0 Å². The third-order valence-electron chi connectivity index (χ3n) is 2.34. The van der Waals surface area contributed by atoms with E-state index in [0.29, 0.717) is 15.4 Å². The van der Waals surface area contributed by atoms with Crippen LogP contribution >= 0.6 is 27.7 Å². The Morgan fingerprint density at radius 2 is 1.95 bits per heavy atom. The second kappa shape index (κ2) is 6.21. The summed E-state index contributed by atoms with van der Waals surface area (Å²) in [5.74, 6) is 1.08. The van der Waals surface area contributed by atoms with Crippen LogP contribution < -0.4 is 10.6 Å². The Bertz CT molecular complexity index is 572. The monoisotopic (exact) mass is 342 g/mol. The minimum absolute atomic E-state index is 0.291. The van der Waals surface area contributed by atoms with Crippen LogP contribution in [0.3, 0.4) is 0 Å². The van der Waals surface area contributed by atoms with E-state index < -0.39 is 0 Å². The summed E-state index contributed by atoms with van der Waals surface area (Å²) in [6.07, 6.45) is 1.91. The molecule has 0 fully saturated rings. The summed E-state index contributed by atoms with van der Waals surface area (Å²) in [7, 11) is 1.80. The first-order valence-corrected chi connectivity index (χ1v) is 7.47. The Morgan fingerprint density at radius 3 is 2.58 bits per heavy atom. The lowest BCUT2D eigenvalue weighted by molar-refractivity contribution is 0.627. The first kappa shape index (κ1) is 14.1. The van der Waals surface area contributed by atoms with Crippen molar-refractivity contribution in [1.29, 1.82) is 0 Å². The molecule has 4 nitrogen and oxygen atoms in total. The van der Waals surface area contributed by atoms with Crippen molar-refractivity contribution in [3.05, 3.63) is 34.6 Å². The molecule has 0 bridgehead atoms. The van der Waals surface area contributed by atoms with Crippen LogP contribution in [0.15, 0.2) is 33.9 Å². The van der Waals surface area contributed by atoms with E-state index in [0.717, 1.165) is 11.5 Å². The van der Waals surface area contributed by atoms with Crippen LogP contribution in [-0.2, 0) is 0 Å². The van der Waals surface area contributed by atoms with Gasteiger partial charge in [-0.2, -0.15) is 0 Å². The molecule has 0 amide bonds. The fourth-order valence-corrected chi connectivity index (χ4v) is 2.27. The van der Waals surface area contributed by atoms with E-state index in [-0.39, 0.29) is 5.82 Å². The van der Waals surface area contributed by atoms with Crippen LogP contribution in [0.4, 0.5) is 21.7 Å². The van der Waals surface area contributed by atoms with Crippen molar-refractivity contribution in [3.8, 4) is 0 Å². The maximum atomic E-state index is 13.0. The third-order valence-corrected chi connectivity index (χ3v) is 3.54. The molecule has 7 heteroatoms. The van der Waals surface area contributed by atoms with Crippen molar-refractivity contribution < 1.29 is 4.39 Å². The van der Waals surface area contributed by atoms with Gasteiger partial charge in [-0.1, -0.05) is 11.8 Å². The van der Waals surface area contributed by atoms with Gasteiger partial charge in [0, 0.05) is 17.6 Å². The molecule has 0 aliphatic carbocycles. The number of hydrogen-bond acceptors (Lipinski definition) is 5. The molecule has 0 aliphatic rings. The van der Waals surface area contributed by atoms with E-state index in [1.54, 1.807) is 19.2 Å². The van der Waals surface area contributed by atoms with Gasteiger partial charge in [-0.05, 0) is 40.4 Å². The highest BCUT2D eigenvalue weighted by atomic mass is 79.9. The van der Waals surface area contributed by atoms with Crippen LogP contribution in [0.1, 0.15) is 0 Å². The van der Waals surface area contributed by atoms with Gasteiger partial charge in [-0.25, -0.2) is 14.4 Å². The van der Waals surface area contributed by atoms with Gasteiger partial charge in [0.15, 0.2) is 5.16 Å². The van der Waals surface area contributed by atoms with Crippen molar-refractivity contribution in [3.63, 3.8) is 0 Å². The third kappa shape index (κ3) is 3.57. The lowest BCUT2D eigenvalue weighted by atomic mass is 10.3. The predicted molar refractivity (Wildman–Crippen MR) is 80.7 cm³/mol. The molecule has 0 spiro atoms. The van der Waals surface area contributed by atoms with Crippen LogP contribution in [-0.4, -0.2) is 23.3 Å². The average Bonchev–Trinajstić information content (AvgIpc) is 2.41. The average molecular weight is 343 g/mol. The Hall–Kier alpha value is -1.34. The van der Waals surface area contributed by atoms with E-state index >= 15 is 0 Å². The second-order valence-corrected chi connectivity index (χ2v) is 5.25. The molecule has 1 aromatic heterocycles. The molecule has 2 rings (SSSR count). The molecular weight excluding hydrogens is 331 g/mol. The Balaban J connectivity index is 2.31. The molecule has 19 heavy (non-hydrogen) atoms. The van der Waals surface area contributed by atoms with E-state index in [1.807, 2.05) is 6.26 Å². The van der Waals surface area contributed by atoms with E-state index in [1.165, 1.54) is 23.9 Å². The summed E-state index contributed by atoms with van der Waals surface area (Å²) in [5.41, 5.74) is 0.745. The number of nitrogens with one attached hydrogen (secondary N) is 2. The number of hydrogen-bond donors (Lipinski definition) is 2. The SMILES string of the molecule is CNc1cc(Nc2ccc(F)cc2Br)nc(SC)n1. The zero-order chi connectivity index (χ0) is 13.8. The zero-order valence-electron chi connectivity index (χ0n) is 10.4. The number of rotatable bonds is 4. The van der Waals surface area contributed by atoms with E-state index in [4.69, 9.17) is 0 Å². The second-order valence-electron chi connectivity index (χ2n) is 3.62. The lowest BCUT2D eigenvalue weighted by Gasteiger charge is -2.10. The fraction of sp³-hybridized carbons (Fsp3) is 0.167. The molecule has 2 N–H and O–H groups in total. The number of thioether (sulfide) groups is 1. The Labute approximate surface area is 123 Å². The summed E-state index contributed by atoms with van der Waals surface area (Å²) in [6, 6.07) is 6.23. The summed E-state index contributed by atoms with van der Waals surface area (Å²) >= 11 is 4.76. The van der Waals surface area contributed by atoms with Gasteiger partial charge in [-0.15, -0.1) is 0 Å². The highest BCUT2D eigenvalue weighted by molar-refractivity contribution is 9.10. The quantitative estimate of drug-likeness (QED) is 0.652. The molecule has 0 aliphatic heterocycles. The number of aromatic nitrogens is 2. The summed E-state index contributed by atoms with van der Waals surface area (Å²) in [5, 5.41) is 6.77. The lowest BCUT2D eigenvalue weighted by Crippen LogP contribution is -2.01. The summed E-state index contributed by atoms with van der Waals surface area (Å²) in [4.78, 5) is 8.62.